The minimum Gasteiger partial charge on any atom is -0.316 e. The Morgan fingerprint density at radius 1 is 1.32 bits per heavy atom. The predicted octanol–water partition coefficient (Wildman–Crippen LogP) is 4.38. The molecule has 22 heavy (non-hydrogen) atoms. The molecule has 0 bridgehead atoms. The quantitative estimate of drug-likeness (QED) is 0.842. The van der Waals surface area contributed by atoms with Crippen LogP contribution in [0.1, 0.15) is 32.8 Å². The predicted molar refractivity (Wildman–Crippen MR) is 98.0 cm³/mol. The standard InChI is InChI=1S/C18H22N2S2/c1-4-14-5-6-15-7-9-19-10-8-16(15)17(14)11-21-18-20-12(2)13(3)22-18/h4-6,19H,1,7-11H2,2-3H3. The fraction of sp³-hybridized carbons (Fsp3) is 0.389. The van der Waals surface area contributed by atoms with Crippen molar-refractivity contribution in [2.24, 2.45) is 0 Å². The zero-order valence-corrected chi connectivity index (χ0v) is 14.9. The van der Waals surface area contributed by atoms with Crippen LogP contribution in [0.15, 0.2) is 23.1 Å². The fourth-order valence-electron chi connectivity index (χ4n) is 2.87. The van der Waals surface area contributed by atoms with E-state index in [0.29, 0.717) is 0 Å². The second-order valence-electron chi connectivity index (χ2n) is 5.64. The van der Waals surface area contributed by atoms with Gasteiger partial charge in [0.2, 0.25) is 0 Å². The van der Waals surface area contributed by atoms with Crippen LogP contribution in [0.3, 0.4) is 0 Å². The average molecular weight is 331 g/mol. The molecule has 3 rings (SSSR count). The Hall–Kier alpha value is -1.10. The van der Waals surface area contributed by atoms with Gasteiger partial charge in [-0.3, -0.25) is 0 Å². The van der Waals surface area contributed by atoms with Crippen molar-refractivity contribution < 1.29 is 0 Å². The van der Waals surface area contributed by atoms with Crippen molar-refractivity contribution in [1.82, 2.24) is 10.3 Å². The van der Waals surface area contributed by atoms with E-state index in [1.54, 1.807) is 11.3 Å². The normalized spacial score (nSPS) is 14.5. The second kappa shape index (κ2) is 6.99. The lowest BCUT2D eigenvalue weighted by molar-refractivity contribution is 0.710. The van der Waals surface area contributed by atoms with Gasteiger partial charge in [0.1, 0.15) is 0 Å². The van der Waals surface area contributed by atoms with Gasteiger partial charge in [-0.2, -0.15) is 0 Å². The molecule has 0 atom stereocenters. The number of nitrogens with one attached hydrogen (secondary N) is 1. The first kappa shape index (κ1) is 15.8. The van der Waals surface area contributed by atoms with Gasteiger partial charge in [0, 0.05) is 10.6 Å². The van der Waals surface area contributed by atoms with Crippen LogP contribution in [0, 0.1) is 13.8 Å². The first-order valence-electron chi connectivity index (χ1n) is 7.72. The van der Waals surface area contributed by atoms with E-state index in [1.807, 2.05) is 17.8 Å². The monoisotopic (exact) mass is 330 g/mol. The Balaban J connectivity index is 1.89. The van der Waals surface area contributed by atoms with Crippen LogP contribution < -0.4 is 5.32 Å². The van der Waals surface area contributed by atoms with Crippen molar-refractivity contribution >= 4 is 29.2 Å². The van der Waals surface area contributed by atoms with Crippen molar-refractivity contribution in [3.05, 3.63) is 51.5 Å². The zero-order chi connectivity index (χ0) is 15.5. The molecule has 0 unspecified atom stereocenters. The van der Waals surface area contributed by atoms with E-state index < -0.39 is 0 Å². The number of nitrogens with zero attached hydrogens (tertiary/aromatic N) is 1. The number of fused-ring (bicyclic) bond motifs is 1. The summed E-state index contributed by atoms with van der Waals surface area (Å²) in [7, 11) is 0. The third-order valence-corrected chi connectivity index (χ3v) is 6.50. The molecule has 1 N–H and O–H groups in total. The van der Waals surface area contributed by atoms with Gasteiger partial charge in [-0.25, -0.2) is 4.98 Å². The van der Waals surface area contributed by atoms with E-state index >= 15 is 0 Å². The number of hydrogen-bond acceptors (Lipinski definition) is 4. The minimum atomic E-state index is 0.983. The van der Waals surface area contributed by atoms with Gasteiger partial charge in [0.15, 0.2) is 4.34 Å². The zero-order valence-electron chi connectivity index (χ0n) is 13.2. The molecule has 1 aliphatic heterocycles. The Kier molecular flexibility index (Phi) is 5.01. The second-order valence-corrected chi connectivity index (χ2v) is 8.06. The van der Waals surface area contributed by atoms with Crippen molar-refractivity contribution in [2.75, 3.05) is 13.1 Å². The van der Waals surface area contributed by atoms with Crippen molar-refractivity contribution in [3.63, 3.8) is 0 Å². The molecule has 0 fully saturated rings. The molecule has 2 aromatic rings. The molecule has 0 saturated carbocycles. The summed E-state index contributed by atoms with van der Waals surface area (Å²) in [4.78, 5) is 5.98. The Morgan fingerprint density at radius 2 is 2.14 bits per heavy atom. The van der Waals surface area contributed by atoms with E-state index in [9.17, 15) is 0 Å². The third kappa shape index (κ3) is 3.29. The first-order valence-corrected chi connectivity index (χ1v) is 9.53. The molecule has 0 saturated heterocycles. The molecular formula is C18H22N2S2. The van der Waals surface area contributed by atoms with Crippen LogP contribution >= 0.6 is 23.1 Å². The van der Waals surface area contributed by atoms with E-state index in [2.05, 4.69) is 42.9 Å². The van der Waals surface area contributed by atoms with Crippen LogP contribution in [-0.2, 0) is 18.6 Å². The molecule has 2 nitrogen and oxygen atoms in total. The number of benzene rings is 1. The molecule has 1 aromatic carbocycles. The molecule has 0 aliphatic carbocycles. The number of hydrogen-bond donors (Lipinski definition) is 1. The summed E-state index contributed by atoms with van der Waals surface area (Å²) in [6, 6.07) is 4.51. The summed E-state index contributed by atoms with van der Waals surface area (Å²) in [5.74, 6) is 0.983. The molecule has 1 aromatic heterocycles. The van der Waals surface area contributed by atoms with Gasteiger partial charge in [-0.15, -0.1) is 11.3 Å². The Labute approximate surface area is 141 Å². The number of aromatic nitrogens is 1. The molecule has 1 aliphatic rings. The van der Waals surface area contributed by atoms with Gasteiger partial charge >= 0.3 is 0 Å². The topological polar surface area (TPSA) is 24.9 Å². The summed E-state index contributed by atoms with van der Waals surface area (Å²) < 4.78 is 1.18. The number of aryl methyl sites for hydroxylation is 2. The van der Waals surface area contributed by atoms with Gasteiger partial charge in [-0.1, -0.05) is 36.5 Å². The molecular weight excluding hydrogens is 308 g/mol. The van der Waals surface area contributed by atoms with Gasteiger partial charge < -0.3 is 5.32 Å². The van der Waals surface area contributed by atoms with E-state index in [1.165, 1.54) is 31.5 Å². The van der Waals surface area contributed by atoms with E-state index in [0.717, 1.165) is 37.4 Å². The lowest BCUT2D eigenvalue weighted by Gasteiger charge is -2.15. The molecule has 2 heterocycles. The van der Waals surface area contributed by atoms with Crippen molar-refractivity contribution in [3.8, 4) is 0 Å². The van der Waals surface area contributed by atoms with Crippen molar-refractivity contribution in [1.29, 1.82) is 0 Å². The van der Waals surface area contributed by atoms with Crippen LogP contribution in [0.2, 0.25) is 0 Å². The number of rotatable bonds is 4. The summed E-state index contributed by atoms with van der Waals surface area (Å²) in [6.45, 7) is 10.4. The Morgan fingerprint density at radius 3 is 2.86 bits per heavy atom. The molecule has 4 heteroatoms. The van der Waals surface area contributed by atoms with Gasteiger partial charge in [0.05, 0.1) is 5.69 Å². The Bertz CT molecular complexity index is 669. The highest BCUT2D eigenvalue weighted by Crippen LogP contribution is 2.33. The minimum absolute atomic E-state index is 0.983. The van der Waals surface area contributed by atoms with Crippen LogP contribution in [0.4, 0.5) is 0 Å². The maximum absolute atomic E-state index is 4.65. The van der Waals surface area contributed by atoms with E-state index in [-0.39, 0.29) is 0 Å². The number of thiazole rings is 1. The van der Waals surface area contributed by atoms with Crippen LogP contribution in [0.25, 0.3) is 6.08 Å². The summed E-state index contributed by atoms with van der Waals surface area (Å²) in [5.41, 5.74) is 6.91. The highest BCUT2D eigenvalue weighted by Gasteiger charge is 2.15. The highest BCUT2D eigenvalue weighted by atomic mass is 32.2. The van der Waals surface area contributed by atoms with Gasteiger partial charge in [0.25, 0.3) is 0 Å². The molecule has 0 amide bonds. The maximum Gasteiger partial charge on any atom is 0.150 e. The molecule has 116 valence electrons. The first-order chi connectivity index (χ1) is 10.7. The maximum atomic E-state index is 4.65. The van der Waals surface area contributed by atoms with E-state index in [4.69, 9.17) is 0 Å². The summed E-state index contributed by atoms with van der Waals surface area (Å²) in [5, 5.41) is 3.50. The van der Waals surface area contributed by atoms with Crippen LogP contribution in [0.5, 0.6) is 0 Å². The summed E-state index contributed by atoms with van der Waals surface area (Å²) >= 11 is 3.66. The van der Waals surface area contributed by atoms with Crippen molar-refractivity contribution in [2.45, 2.75) is 36.8 Å². The lowest BCUT2D eigenvalue weighted by atomic mass is 9.94. The summed E-state index contributed by atoms with van der Waals surface area (Å²) in [6.07, 6.45) is 4.23. The number of thioether (sulfide) groups is 1. The lowest BCUT2D eigenvalue weighted by Crippen LogP contribution is -2.16. The SMILES string of the molecule is C=Cc1ccc2c(c1CSc1nc(C)c(C)s1)CCNCC2. The largest absolute Gasteiger partial charge is 0.316 e. The van der Waals surface area contributed by atoms with Crippen LogP contribution in [-0.4, -0.2) is 18.1 Å². The highest BCUT2D eigenvalue weighted by molar-refractivity contribution is 8.00. The average Bonchev–Trinajstić information content (AvgIpc) is 2.72. The van der Waals surface area contributed by atoms with Gasteiger partial charge in [-0.05, 0) is 62.0 Å². The fourth-order valence-corrected chi connectivity index (χ4v) is 5.10. The smallest absolute Gasteiger partial charge is 0.150 e. The third-order valence-electron chi connectivity index (χ3n) is 4.26. The molecule has 0 spiro atoms. The molecule has 0 radical (unpaired) electrons.